The maximum Gasteiger partial charge on any atom is 0.194 e. The van der Waals surface area contributed by atoms with Gasteiger partial charge in [0.15, 0.2) is 5.79 Å². The maximum absolute atomic E-state index is 5.61. The van der Waals surface area contributed by atoms with Gasteiger partial charge < -0.3 is 9.47 Å². The number of benzene rings is 1. The molecule has 16 heavy (non-hydrogen) atoms. The summed E-state index contributed by atoms with van der Waals surface area (Å²) >= 11 is 0. The van der Waals surface area contributed by atoms with Crippen LogP contribution in [0.2, 0.25) is 0 Å². The molecule has 1 aliphatic carbocycles. The maximum atomic E-state index is 5.61. The van der Waals surface area contributed by atoms with Crippen LogP contribution < -0.4 is 0 Å². The van der Waals surface area contributed by atoms with Crippen LogP contribution in [0.1, 0.15) is 29.5 Å². The van der Waals surface area contributed by atoms with Gasteiger partial charge in [-0.3, -0.25) is 0 Å². The lowest BCUT2D eigenvalue weighted by Crippen LogP contribution is -2.35. The Morgan fingerprint density at radius 1 is 1.19 bits per heavy atom. The monoisotopic (exact) mass is 242 g/mol. The van der Waals surface area contributed by atoms with Crippen LogP contribution >= 0.6 is 12.4 Å². The summed E-state index contributed by atoms with van der Waals surface area (Å²) in [7, 11) is 3.45. The van der Waals surface area contributed by atoms with Crippen molar-refractivity contribution < 1.29 is 9.47 Å². The fourth-order valence-electron chi connectivity index (χ4n) is 2.61. The molecule has 0 N–H and O–H groups in total. The van der Waals surface area contributed by atoms with Crippen molar-refractivity contribution in [3.8, 4) is 0 Å². The van der Waals surface area contributed by atoms with Crippen molar-refractivity contribution in [1.29, 1.82) is 0 Å². The Hall–Kier alpha value is -0.570. The predicted molar refractivity (Wildman–Crippen MR) is 67.1 cm³/mol. The molecule has 0 saturated heterocycles. The number of aryl methyl sites for hydroxylation is 2. The molecule has 0 aromatic heterocycles. The highest BCUT2D eigenvalue weighted by atomic mass is 35.5. The van der Waals surface area contributed by atoms with Gasteiger partial charge in [0.2, 0.25) is 0 Å². The molecular formula is C13H19ClO2. The molecule has 0 atom stereocenters. The fourth-order valence-corrected chi connectivity index (χ4v) is 2.61. The second kappa shape index (κ2) is 5.17. The first kappa shape index (κ1) is 13.5. The van der Waals surface area contributed by atoms with E-state index in [0.717, 1.165) is 19.3 Å². The third kappa shape index (κ3) is 1.97. The standard InChI is InChI=1S/C13H18O2.ClH/c1-10-6-4-7-11-8-5-9-13(14-2,15-3)12(10)11;/h4,6-7H,5,8-9H2,1-3H3;1H. The average molecular weight is 243 g/mol. The Morgan fingerprint density at radius 3 is 2.50 bits per heavy atom. The van der Waals surface area contributed by atoms with Crippen molar-refractivity contribution in [3.05, 3.63) is 34.9 Å². The van der Waals surface area contributed by atoms with Gasteiger partial charge in [-0.2, -0.15) is 0 Å². The Kier molecular flexibility index (Phi) is 4.36. The molecule has 0 aliphatic heterocycles. The summed E-state index contributed by atoms with van der Waals surface area (Å²) in [5.74, 6) is -0.515. The highest BCUT2D eigenvalue weighted by Gasteiger charge is 2.37. The summed E-state index contributed by atoms with van der Waals surface area (Å²) < 4.78 is 11.2. The summed E-state index contributed by atoms with van der Waals surface area (Å²) in [5, 5.41) is 0. The molecule has 0 unspecified atom stereocenters. The zero-order valence-corrected chi connectivity index (χ0v) is 10.9. The highest BCUT2D eigenvalue weighted by Crippen LogP contribution is 2.40. The first-order valence-electron chi connectivity index (χ1n) is 5.43. The topological polar surface area (TPSA) is 18.5 Å². The molecule has 0 heterocycles. The van der Waals surface area contributed by atoms with Crippen molar-refractivity contribution >= 4 is 12.4 Å². The van der Waals surface area contributed by atoms with Crippen molar-refractivity contribution in [2.24, 2.45) is 0 Å². The van der Waals surface area contributed by atoms with E-state index in [1.165, 1.54) is 16.7 Å². The van der Waals surface area contributed by atoms with Crippen molar-refractivity contribution in [1.82, 2.24) is 0 Å². The summed E-state index contributed by atoms with van der Waals surface area (Å²) in [6.07, 6.45) is 3.20. The molecule has 2 nitrogen and oxygen atoms in total. The van der Waals surface area contributed by atoms with E-state index in [2.05, 4.69) is 25.1 Å². The largest absolute Gasteiger partial charge is 0.349 e. The minimum absolute atomic E-state index is 0. The van der Waals surface area contributed by atoms with Crippen LogP contribution in [0.5, 0.6) is 0 Å². The zero-order valence-electron chi connectivity index (χ0n) is 10.1. The van der Waals surface area contributed by atoms with E-state index >= 15 is 0 Å². The van der Waals surface area contributed by atoms with E-state index < -0.39 is 5.79 Å². The molecule has 0 fully saturated rings. The third-order valence-electron chi connectivity index (χ3n) is 3.35. The van der Waals surface area contributed by atoms with Gasteiger partial charge in [0, 0.05) is 26.2 Å². The number of fused-ring (bicyclic) bond motifs is 1. The quantitative estimate of drug-likeness (QED) is 0.742. The molecule has 1 aromatic rings. The first-order valence-corrected chi connectivity index (χ1v) is 5.43. The summed E-state index contributed by atoms with van der Waals surface area (Å²) in [4.78, 5) is 0. The van der Waals surface area contributed by atoms with Crippen LogP contribution in [0.4, 0.5) is 0 Å². The molecular weight excluding hydrogens is 224 g/mol. The summed E-state index contributed by atoms with van der Waals surface area (Å²) in [6, 6.07) is 6.40. The van der Waals surface area contributed by atoms with Gasteiger partial charge in [0.25, 0.3) is 0 Å². The number of ether oxygens (including phenoxy) is 2. The minimum Gasteiger partial charge on any atom is -0.349 e. The molecule has 0 bridgehead atoms. The van der Waals surface area contributed by atoms with Crippen LogP contribution in [0, 0.1) is 6.92 Å². The van der Waals surface area contributed by atoms with Gasteiger partial charge in [-0.1, -0.05) is 18.2 Å². The van der Waals surface area contributed by atoms with E-state index in [1.807, 2.05) is 0 Å². The molecule has 90 valence electrons. The highest BCUT2D eigenvalue weighted by molar-refractivity contribution is 5.85. The van der Waals surface area contributed by atoms with E-state index in [-0.39, 0.29) is 12.4 Å². The molecule has 1 aromatic carbocycles. The van der Waals surface area contributed by atoms with Crippen LogP contribution in [0.15, 0.2) is 18.2 Å². The summed E-state index contributed by atoms with van der Waals surface area (Å²) in [5.41, 5.74) is 3.86. The fraction of sp³-hybridized carbons (Fsp3) is 0.538. The van der Waals surface area contributed by atoms with Crippen LogP contribution in [-0.4, -0.2) is 14.2 Å². The van der Waals surface area contributed by atoms with Crippen LogP contribution in [0.3, 0.4) is 0 Å². The van der Waals surface area contributed by atoms with Gasteiger partial charge in [0.05, 0.1) is 0 Å². The smallest absolute Gasteiger partial charge is 0.194 e. The van der Waals surface area contributed by atoms with Crippen molar-refractivity contribution in [2.75, 3.05) is 14.2 Å². The van der Waals surface area contributed by atoms with Gasteiger partial charge in [-0.05, 0) is 30.9 Å². The number of methoxy groups -OCH3 is 2. The van der Waals surface area contributed by atoms with Crippen LogP contribution in [-0.2, 0) is 21.7 Å². The molecule has 1 aliphatic rings. The van der Waals surface area contributed by atoms with Gasteiger partial charge in [-0.15, -0.1) is 12.4 Å². The lowest BCUT2D eigenvalue weighted by Gasteiger charge is -2.37. The number of hydrogen-bond donors (Lipinski definition) is 0. The second-order valence-electron chi connectivity index (χ2n) is 4.12. The van der Waals surface area contributed by atoms with Gasteiger partial charge in [-0.25, -0.2) is 0 Å². The van der Waals surface area contributed by atoms with Gasteiger partial charge >= 0.3 is 0 Å². The van der Waals surface area contributed by atoms with E-state index in [4.69, 9.17) is 9.47 Å². The minimum atomic E-state index is -0.515. The Morgan fingerprint density at radius 2 is 1.88 bits per heavy atom. The number of rotatable bonds is 2. The number of halogens is 1. The van der Waals surface area contributed by atoms with Crippen molar-refractivity contribution in [3.63, 3.8) is 0 Å². The third-order valence-corrected chi connectivity index (χ3v) is 3.35. The molecule has 3 heteroatoms. The lowest BCUT2D eigenvalue weighted by molar-refractivity contribution is -0.224. The summed E-state index contributed by atoms with van der Waals surface area (Å²) in [6.45, 7) is 2.12. The molecule has 0 radical (unpaired) electrons. The number of hydrogen-bond acceptors (Lipinski definition) is 2. The lowest BCUT2D eigenvalue weighted by atomic mass is 9.84. The zero-order chi connectivity index (χ0) is 10.9. The average Bonchev–Trinajstić information content (AvgIpc) is 2.28. The van der Waals surface area contributed by atoms with E-state index in [9.17, 15) is 0 Å². The van der Waals surface area contributed by atoms with Crippen LogP contribution in [0.25, 0.3) is 0 Å². The van der Waals surface area contributed by atoms with Crippen molar-refractivity contribution in [2.45, 2.75) is 32.0 Å². The Bertz CT molecular complexity index is 359. The first-order chi connectivity index (χ1) is 7.23. The molecule has 0 spiro atoms. The normalized spacial score (nSPS) is 17.4. The Balaban J connectivity index is 0.00000128. The molecule has 0 saturated carbocycles. The SMILES string of the molecule is COC1(OC)CCCc2cccc(C)c21.Cl. The molecule has 2 rings (SSSR count). The van der Waals surface area contributed by atoms with E-state index in [1.54, 1.807) is 14.2 Å². The van der Waals surface area contributed by atoms with E-state index in [0.29, 0.717) is 0 Å². The van der Waals surface area contributed by atoms with Gasteiger partial charge in [0.1, 0.15) is 0 Å². The second-order valence-corrected chi connectivity index (χ2v) is 4.12. The molecule has 0 amide bonds. The Labute approximate surface area is 103 Å². The predicted octanol–water partition coefficient (Wildman–Crippen LogP) is 3.20.